The highest BCUT2D eigenvalue weighted by molar-refractivity contribution is 7.80. The van der Waals surface area contributed by atoms with Crippen molar-refractivity contribution in [1.29, 1.82) is 0 Å². The van der Waals surface area contributed by atoms with Crippen LogP contribution in [0.1, 0.15) is 59.8 Å². The molecule has 1 radical (unpaired) electrons. The van der Waals surface area contributed by atoms with E-state index in [1.807, 2.05) is 27.7 Å². The first-order chi connectivity index (χ1) is 13.3. The molecule has 1 saturated heterocycles. The highest BCUT2D eigenvalue weighted by Crippen LogP contribution is 2.35. The van der Waals surface area contributed by atoms with E-state index in [0.29, 0.717) is 6.04 Å². The molecule has 1 N–H and O–H groups in total. The van der Waals surface area contributed by atoms with Gasteiger partial charge in [0.15, 0.2) is 0 Å². The van der Waals surface area contributed by atoms with Gasteiger partial charge in [0.2, 0.25) is 5.96 Å². The number of hydrogen-bond donors (Lipinski definition) is 1. The smallest absolute Gasteiger partial charge is 0.344 e. The Morgan fingerprint density at radius 3 is 2.14 bits per heavy atom. The summed E-state index contributed by atoms with van der Waals surface area (Å²) in [6.07, 6.45) is 6.25. The molecule has 0 amide bonds. The third-order valence-corrected chi connectivity index (χ3v) is 5.93. The maximum atomic E-state index is 12.6. The van der Waals surface area contributed by atoms with Crippen molar-refractivity contribution in [3.05, 3.63) is 0 Å². The molecule has 2 heterocycles. The molecule has 0 atom stereocenters. The van der Waals surface area contributed by atoms with Crippen LogP contribution in [-0.4, -0.2) is 84.1 Å². The summed E-state index contributed by atoms with van der Waals surface area (Å²) >= 11 is 0. The molecule has 167 valence electrons. The second kappa shape index (κ2) is 8.84. The van der Waals surface area contributed by atoms with Crippen molar-refractivity contribution in [3.8, 4) is 0 Å². The summed E-state index contributed by atoms with van der Waals surface area (Å²) in [7, 11) is -1.20. The Morgan fingerprint density at radius 2 is 1.69 bits per heavy atom. The summed E-state index contributed by atoms with van der Waals surface area (Å²) in [5.41, 5.74) is -1.34. The molecule has 1 aliphatic carbocycles. The maximum Gasteiger partial charge on any atom is 0.397 e. The maximum absolute atomic E-state index is 12.6. The topological polar surface area (TPSA) is 118 Å². The Kier molecular flexibility index (Phi) is 7.32. The zero-order valence-electron chi connectivity index (χ0n) is 18.3. The van der Waals surface area contributed by atoms with Crippen LogP contribution in [0.4, 0.5) is 0 Å². The fourth-order valence-corrected chi connectivity index (χ4v) is 4.01. The van der Waals surface area contributed by atoms with E-state index in [1.54, 1.807) is 0 Å². The molecule has 0 aromatic heterocycles. The van der Waals surface area contributed by atoms with Gasteiger partial charge in [-0.15, -0.1) is 10.3 Å². The lowest BCUT2D eigenvalue weighted by Gasteiger charge is -2.34. The average Bonchev–Trinajstić information content (AvgIpc) is 3.06. The Balaban J connectivity index is 0.000000438. The van der Waals surface area contributed by atoms with E-state index in [-0.39, 0.29) is 0 Å². The molecule has 1 saturated carbocycles. The van der Waals surface area contributed by atoms with Gasteiger partial charge >= 0.3 is 10.4 Å². The summed E-state index contributed by atoms with van der Waals surface area (Å²) in [6.45, 7) is 9.47. The first-order valence-electron chi connectivity index (χ1n) is 9.97. The molecule has 0 aromatic rings. The molecule has 3 rings (SSSR count). The largest absolute Gasteiger partial charge is 0.397 e. The monoisotopic (exact) mass is 432 g/mol. The second-order valence-corrected chi connectivity index (χ2v) is 9.86. The van der Waals surface area contributed by atoms with Gasteiger partial charge in [-0.3, -0.25) is 13.6 Å². The predicted molar refractivity (Wildman–Crippen MR) is 110 cm³/mol. The number of amidine groups is 1. The van der Waals surface area contributed by atoms with E-state index < -0.39 is 21.6 Å². The summed E-state index contributed by atoms with van der Waals surface area (Å²) < 4.78 is 29.7. The van der Waals surface area contributed by atoms with Gasteiger partial charge in [-0.1, -0.05) is 19.3 Å². The van der Waals surface area contributed by atoms with Gasteiger partial charge in [-0.25, -0.2) is 9.98 Å². The standard InChI is InChI=1S/C17H30N5O.CH4O4S/c1-16(2)14(19-17(3,4)22(16)23)21-12-11-20(5)15(21)18-13-9-7-6-8-10-13;1-5-6(2,3)4/h13H,6-12H2,1-5H3;1H3,(H,2,3,4). The highest BCUT2D eigenvalue weighted by atomic mass is 32.3. The van der Waals surface area contributed by atoms with Gasteiger partial charge in [0.1, 0.15) is 17.0 Å². The van der Waals surface area contributed by atoms with E-state index >= 15 is 0 Å². The van der Waals surface area contributed by atoms with E-state index in [9.17, 15) is 13.6 Å². The molecule has 29 heavy (non-hydrogen) atoms. The van der Waals surface area contributed by atoms with Gasteiger partial charge in [-0.2, -0.15) is 8.42 Å². The SMILES string of the molecule is CN1CCN(C2=NC(C)(C)N([O])C2(C)C)C1=NC1CCCCC1.COS(=O)(=O)O. The quantitative estimate of drug-likeness (QED) is 0.662. The first-order valence-corrected chi connectivity index (χ1v) is 11.3. The van der Waals surface area contributed by atoms with Crippen molar-refractivity contribution in [3.63, 3.8) is 0 Å². The van der Waals surface area contributed by atoms with Gasteiger partial charge in [0, 0.05) is 20.1 Å². The van der Waals surface area contributed by atoms with Gasteiger partial charge in [0.05, 0.1) is 13.2 Å². The van der Waals surface area contributed by atoms with E-state index in [1.165, 1.54) is 32.1 Å². The van der Waals surface area contributed by atoms with Crippen molar-refractivity contribution in [2.24, 2.45) is 9.98 Å². The van der Waals surface area contributed by atoms with Gasteiger partial charge < -0.3 is 4.90 Å². The van der Waals surface area contributed by atoms with Crippen LogP contribution in [0.15, 0.2) is 9.98 Å². The highest BCUT2D eigenvalue weighted by Gasteiger charge is 2.52. The number of guanidine groups is 1. The van der Waals surface area contributed by atoms with Crippen molar-refractivity contribution in [2.75, 3.05) is 27.2 Å². The fraction of sp³-hybridized carbons (Fsp3) is 0.889. The molecule has 10 nitrogen and oxygen atoms in total. The molecule has 0 aromatic carbocycles. The minimum absolute atomic E-state index is 0.420. The van der Waals surface area contributed by atoms with Crippen LogP contribution in [0.25, 0.3) is 0 Å². The average molecular weight is 433 g/mol. The van der Waals surface area contributed by atoms with E-state index in [2.05, 4.69) is 21.0 Å². The first kappa shape index (κ1) is 24.0. The van der Waals surface area contributed by atoms with Crippen LogP contribution in [-0.2, 0) is 19.8 Å². The van der Waals surface area contributed by atoms with Crippen molar-refractivity contribution in [1.82, 2.24) is 14.9 Å². The summed E-state index contributed by atoms with van der Waals surface area (Å²) in [5.74, 6) is 1.85. The Labute approximate surface area is 174 Å². The number of likely N-dealkylation sites (N-methyl/N-ethyl adjacent to an activating group) is 1. The molecule has 2 aliphatic heterocycles. The van der Waals surface area contributed by atoms with Crippen molar-refractivity contribution in [2.45, 2.75) is 77.0 Å². The number of hydroxylamine groups is 2. The molecule has 11 heteroatoms. The van der Waals surface area contributed by atoms with Crippen LogP contribution in [0.2, 0.25) is 0 Å². The van der Waals surface area contributed by atoms with Gasteiger partial charge in [0.25, 0.3) is 0 Å². The molecular weight excluding hydrogens is 398 g/mol. The van der Waals surface area contributed by atoms with Crippen LogP contribution < -0.4 is 0 Å². The lowest BCUT2D eigenvalue weighted by Crippen LogP contribution is -2.54. The molecular formula is C18H34N5O5S. The van der Waals surface area contributed by atoms with Crippen LogP contribution in [0.5, 0.6) is 0 Å². The third kappa shape index (κ3) is 5.66. The lowest BCUT2D eigenvalue weighted by atomic mass is 9.96. The molecule has 0 spiro atoms. The number of hydrogen-bond acceptors (Lipinski definition) is 6. The third-order valence-electron chi connectivity index (χ3n) is 5.51. The zero-order chi connectivity index (χ0) is 22.0. The van der Waals surface area contributed by atoms with E-state index in [0.717, 1.165) is 37.1 Å². The van der Waals surface area contributed by atoms with Crippen LogP contribution >= 0.6 is 0 Å². The summed E-state index contributed by atoms with van der Waals surface area (Å²) in [6, 6.07) is 0.420. The molecule has 3 aliphatic rings. The number of rotatable bonds is 2. The second-order valence-electron chi connectivity index (χ2n) is 8.67. The van der Waals surface area contributed by atoms with Gasteiger partial charge in [-0.05, 0) is 40.5 Å². The zero-order valence-corrected chi connectivity index (χ0v) is 19.1. The van der Waals surface area contributed by atoms with Crippen LogP contribution in [0.3, 0.4) is 0 Å². The minimum atomic E-state index is -4.16. The Bertz CT molecular complexity index is 744. The number of nitrogens with zero attached hydrogens (tertiary/aromatic N) is 5. The fourth-order valence-electron chi connectivity index (χ4n) is 4.01. The summed E-state index contributed by atoms with van der Waals surface area (Å²) in [5, 5.41) is 13.7. The molecule has 0 unspecified atom stereocenters. The molecule has 0 bridgehead atoms. The summed E-state index contributed by atoms with van der Waals surface area (Å²) in [4.78, 5) is 14.2. The Hall–Kier alpha value is -1.27. The van der Waals surface area contributed by atoms with E-state index in [4.69, 9.17) is 14.5 Å². The molecule has 2 fully saturated rings. The van der Waals surface area contributed by atoms with Crippen molar-refractivity contribution >= 4 is 22.2 Å². The Morgan fingerprint density at radius 1 is 1.14 bits per heavy atom. The lowest BCUT2D eigenvalue weighted by molar-refractivity contribution is -0.241. The minimum Gasteiger partial charge on any atom is -0.344 e. The van der Waals surface area contributed by atoms with Crippen molar-refractivity contribution < 1.29 is 22.4 Å². The van der Waals surface area contributed by atoms with Crippen LogP contribution in [0, 0.1) is 0 Å². The number of aliphatic imine (C=N–C) groups is 2. The predicted octanol–water partition coefficient (Wildman–Crippen LogP) is 1.93. The normalized spacial score (nSPS) is 26.5.